The summed E-state index contributed by atoms with van der Waals surface area (Å²) < 4.78 is 5.98. The average molecular weight is 362 g/mol. The van der Waals surface area contributed by atoms with Crippen molar-refractivity contribution in [3.8, 4) is 11.1 Å². The van der Waals surface area contributed by atoms with Crippen LogP contribution in [0, 0.1) is 0 Å². The summed E-state index contributed by atoms with van der Waals surface area (Å²) in [5, 5.41) is 12.6. The highest BCUT2D eigenvalue weighted by Gasteiger charge is 2.36. The number of pyridine rings is 1. The summed E-state index contributed by atoms with van der Waals surface area (Å²) in [5.74, 6) is 0. The molecule has 0 saturated carbocycles. The zero-order valence-electron chi connectivity index (χ0n) is 15.4. The summed E-state index contributed by atoms with van der Waals surface area (Å²) >= 11 is 1.79. The van der Waals surface area contributed by atoms with Gasteiger partial charge in [0.1, 0.15) is 0 Å². The van der Waals surface area contributed by atoms with Gasteiger partial charge in [0, 0.05) is 33.1 Å². The molecule has 1 radical (unpaired) electrons. The van der Waals surface area contributed by atoms with Gasteiger partial charge < -0.3 is 9.76 Å². The van der Waals surface area contributed by atoms with Gasteiger partial charge in [-0.3, -0.25) is 4.98 Å². The van der Waals surface area contributed by atoms with Crippen molar-refractivity contribution in [1.82, 2.24) is 4.98 Å². The second kappa shape index (κ2) is 6.12. The third-order valence-corrected chi connectivity index (χ3v) is 6.40. The van der Waals surface area contributed by atoms with Crippen molar-refractivity contribution in [3.63, 3.8) is 0 Å². The maximum Gasteiger partial charge on any atom is 0.331 e. The Balaban J connectivity index is 1.79. The van der Waals surface area contributed by atoms with Crippen LogP contribution in [0.2, 0.25) is 0 Å². The van der Waals surface area contributed by atoms with E-state index < -0.39 is 11.2 Å². The van der Waals surface area contributed by atoms with E-state index in [1.165, 1.54) is 20.7 Å². The zero-order chi connectivity index (χ0) is 18.5. The van der Waals surface area contributed by atoms with Gasteiger partial charge in [-0.25, -0.2) is 0 Å². The van der Waals surface area contributed by atoms with E-state index in [9.17, 15) is 5.11 Å². The van der Waals surface area contributed by atoms with Crippen molar-refractivity contribution in [2.45, 2.75) is 48.7 Å². The van der Waals surface area contributed by atoms with E-state index in [-0.39, 0.29) is 0 Å². The van der Waals surface area contributed by atoms with Crippen LogP contribution in [0.5, 0.6) is 0 Å². The minimum Gasteiger partial charge on any atom is -0.427 e. The van der Waals surface area contributed by atoms with Gasteiger partial charge in [0.25, 0.3) is 0 Å². The molecule has 4 rings (SSSR count). The summed E-state index contributed by atoms with van der Waals surface area (Å²) in [6, 6.07) is 12.6. The Morgan fingerprint density at radius 2 is 1.73 bits per heavy atom. The molecule has 26 heavy (non-hydrogen) atoms. The Bertz CT molecular complexity index is 995. The molecule has 5 heteroatoms. The standard InChI is InChI=1S/C21H21BNO2S/c1-20(2,24)21(3,4)25-22-16-9-10-18-19-14(11-23-12-15(16)19)13-7-5-6-8-17(13)26-18/h5-12,24H,1-4H3. The molecule has 0 atom stereocenters. The van der Waals surface area contributed by atoms with E-state index in [1.54, 1.807) is 33.1 Å². The first-order chi connectivity index (χ1) is 12.3. The second-order valence-corrected chi connectivity index (χ2v) is 8.75. The predicted octanol–water partition coefficient (Wildman–Crippen LogP) is 4.18. The first-order valence-corrected chi connectivity index (χ1v) is 9.51. The molecule has 1 aliphatic rings. The van der Waals surface area contributed by atoms with E-state index in [0.717, 1.165) is 16.4 Å². The number of nitrogens with zero attached hydrogens (tertiary/aromatic N) is 1. The molecule has 0 spiro atoms. The van der Waals surface area contributed by atoms with Crippen LogP contribution in [0.25, 0.3) is 21.9 Å². The van der Waals surface area contributed by atoms with Crippen molar-refractivity contribution in [2.75, 3.05) is 0 Å². The van der Waals surface area contributed by atoms with Crippen molar-refractivity contribution in [2.24, 2.45) is 0 Å². The van der Waals surface area contributed by atoms with Crippen LogP contribution < -0.4 is 5.46 Å². The van der Waals surface area contributed by atoms with Gasteiger partial charge >= 0.3 is 7.48 Å². The smallest absolute Gasteiger partial charge is 0.331 e. The Morgan fingerprint density at radius 3 is 2.50 bits per heavy atom. The topological polar surface area (TPSA) is 42.4 Å². The Morgan fingerprint density at radius 1 is 0.962 bits per heavy atom. The summed E-state index contributed by atoms with van der Waals surface area (Å²) in [5.41, 5.74) is 1.68. The van der Waals surface area contributed by atoms with Gasteiger partial charge in [0.2, 0.25) is 0 Å². The molecule has 1 aliphatic heterocycles. The number of hydrogen-bond donors (Lipinski definition) is 1. The lowest BCUT2D eigenvalue weighted by Crippen LogP contribution is -2.49. The molecule has 0 unspecified atom stereocenters. The van der Waals surface area contributed by atoms with E-state index in [2.05, 4.69) is 41.4 Å². The summed E-state index contributed by atoms with van der Waals surface area (Å²) in [6.07, 6.45) is 3.83. The van der Waals surface area contributed by atoms with Gasteiger partial charge in [0.15, 0.2) is 0 Å². The molecule has 0 saturated heterocycles. The minimum absolute atomic E-state index is 0.707. The van der Waals surface area contributed by atoms with Gasteiger partial charge in [-0.1, -0.05) is 36.0 Å². The lowest BCUT2D eigenvalue weighted by molar-refractivity contribution is -0.0893. The normalized spacial score (nSPS) is 13.6. The molecule has 3 nitrogen and oxygen atoms in total. The SMILES string of the molecule is CC(C)(O)C(C)(C)O[B]c1ccc2c3c(cncc13)-c1ccccc1S2. The molecule has 0 fully saturated rings. The lowest BCUT2D eigenvalue weighted by atomic mass is 9.80. The van der Waals surface area contributed by atoms with E-state index >= 15 is 0 Å². The monoisotopic (exact) mass is 362 g/mol. The van der Waals surface area contributed by atoms with Crippen LogP contribution in [0.15, 0.2) is 58.6 Å². The maximum absolute atomic E-state index is 10.3. The molecule has 1 N–H and O–H groups in total. The minimum atomic E-state index is -0.955. The lowest BCUT2D eigenvalue weighted by Gasteiger charge is -2.37. The number of fused-ring (bicyclic) bond motifs is 2. The zero-order valence-corrected chi connectivity index (χ0v) is 16.2. The molecule has 0 bridgehead atoms. The highest BCUT2D eigenvalue weighted by Crippen LogP contribution is 2.46. The molecule has 131 valence electrons. The number of benzene rings is 2. The van der Waals surface area contributed by atoms with E-state index in [1.807, 2.05) is 26.2 Å². The number of rotatable bonds is 4. The maximum atomic E-state index is 10.3. The van der Waals surface area contributed by atoms with Crippen LogP contribution in [-0.4, -0.2) is 28.8 Å². The molecular weight excluding hydrogens is 341 g/mol. The third-order valence-electron chi connectivity index (χ3n) is 5.27. The van der Waals surface area contributed by atoms with Gasteiger partial charge in [-0.15, -0.1) is 0 Å². The first kappa shape index (κ1) is 17.6. The fraction of sp³-hybridized carbons (Fsp3) is 0.286. The van der Waals surface area contributed by atoms with Crippen molar-refractivity contribution >= 4 is 35.5 Å². The molecule has 1 aromatic heterocycles. The molecule has 2 aromatic carbocycles. The van der Waals surface area contributed by atoms with Crippen LogP contribution in [0.4, 0.5) is 0 Å². The molecule has 0 aliphatic carbocycles. The molecular formula is C21H21BNO2S. The molecule has 2 heterocycles. The largest absolute Gasteiger partial charge is 0.427 e. The quantitative estimate of drug-likeness (QED) is 0.553. The Kier molecular flexibility index (Phi) is 4.14. The van der Waals surface area contributed by atoms with E-state index in [4.69, 9.17) is 4.65 Å². The van der Waals surface area contributed by atoms with Crippen molar-refractivity contribution in [3.05, 3.63) is 48.8 Å². The number of aliphatic hydroxyl groups is 1. The van der Waals surface area contributed by atoms with E-state index in [0.29, 0.717) is 0 Å². The summed E-state index contributed by atoms with van der Waals surface area (Å²) in [4.78, 5) is 6.96. The fourth-order valence-corrected chi connectivity index (χ4v) is 4.06. The number of aromatic nitrogens is 1. The predicted molar refractivity (Wildman–Crippen MR) is 108 cm³/mol. The Labute approximate surface area is 159 Å². The van der Waals surface area contributed by atoms with Crippen LogP contribution in [0.3, 0.4) is 0 Å². The van der Waals surface area contributed by atoms with Gasteiger partial charge in [-0.05, 0) is 56.2 Å². The van der Waals surface area contributed by atoms with Crippen LogP contribution in [0.1, 0.15) is 27.7 Å². The fourth-order valence-electron chi connectivity index (χ4n) is 2.93. The second-order valence-electron chi connectivity index (χ2n) is 7.67. The van der Waals surface area contributed by atoms with Gasteiger partial charge in [-0.2, -0.15) is 0 Å². The molecule has 3 aromatic rings. The summed E-state index contributed by atoms with van der Waals surface area (Å²) in [7, 11) is 1.74. The van der Waals surface area contributed by atoms with Crippen LogP contribution >= 0.6 is 11.8 Å². The first-order valence-electron chi connectivity index (χ1n) is 8.69. The highest BCUT2D eigenvalue weighted by atomic mass is 32.2. The summed E-state index contributed by atoms with van der Waals surface area (Å²) in [6.45, 7) is 7.29. The van der Waals surface area contributed by atoms with Gasteiger partial charge in [0.05, 0.1) is 11.2 Å². The van der Waals surface area contributed by atoms with Crippen LogP contribution in [-0.2, 0) is 4.65 Å². The van der Waals surface area contributed by atoms with Crippen molar-refractivity contribution < 1.29 is 9.76 Å². The van der Waals surface area contributed by atoms with Crippen molar-refractivity contribution in [1.29, 1.82) is 0 Å². The third kappa shape index (κ3) is 2.84. The average Bonchev–Trinajstić information content (AvgIpc) is 2.60. The number of hydrogen-bond acceptors (Lipinski definition) is 4. The highest BCUT2D eigenvalue weighted by molar-refractivity contribution is 7.99. The molecule has 0 amide bonds. The Hall–Kier alpha value is -1.82.